The Labute approximate surface area is 162 Å². The molecule has 2 aromatic carbocycles. The Morgan fingerprint density at radius 1 is 1.04 bits per heavy atom. The number of nitrogens with one attached hydrogen (secondary N) is 1. The number of hydrogen-bond acceptors (Lipinski definition) is 4. The highest BCUT2D eigenvalue weighted by Crippen LogP contribution is 2.24. The predicted octanol–water partition coefficient (Wildman–Crippen LogP) is 3.46. The molecule has 1 amide bonds. The van der Waals surface area contributed by atoms with Crippen LogP contribution in [0.2, 0.25) is 0 Å². The Balaban J connectivity index is 1.66. The SMILES string of the molecule is CCN1CCN(c2ccc(NC(=O)c3ccc(N(C)C)cc3)c(C)c2)CC1. The maximum atomic E-state index is 12.6. The Morgan fingerprint density at radius 2 is 1.70 bits per heavy atom. The van der Waals surface area contributed by atoms with E-state index in [-0.39, 0.29) is 5.91 Å². The van der Waals surface area contributed by atoms with Crippen LogP contribution in [0.3, 0.4) is 0 Å². The van der Waals surface area contributed by atoms with Crippen molar-refractivity contribution in [3.63, 3.8) is 0 Å². The number of amides is 1. The normalized spacial score (nSPS) is 14.9. The number of carbonyl (C=O) groups is 1. The summed E-state index contributed by atoms with van der Waals surface area (Å²) in [6, 6.07) is 13.9. The highest BCUT2D eigenvalue weighted by molar-refractivity contribution is 6.04. The van der Waals surface area contributed by atoms with Gasteiger partial charge >= 0.3 is 0 Å². The van der Waals surface area contributed by atoms with E-state index in [4.69, 9.17) is 0 Å². The lowest BCUT2D eigenvalue weighted by molar-refractivity contribution is 0.102. The second-order valence-electron chi connectivity index (χ2n) is 7.32. The monoisotopic (exact) mass is 366 g/mol. The van der Waals surface area contributed by atoms with Crippen molar-refractivity contribution in [2.75, 3.05) is 61.9 Å². The number of nitrogens with zero attached hydrogens (tertiary/aromatic N) is 3. The predicted molar refractivity (Wildman–Crippen MR) is 114 cm³/mol. The van der Waals surface area contributed by atoms with Gasteiger partial charge in [-0.2, -0.15) is 0 Å². The largest absolute Gasteiger partial charge is 0.378 e. The number of rotatable bonds is 5. The molecular weight excluding hydrogens is 336 g/mol. The molecule has 144 valence electrons. The molecule has 0 atom stereocenters. The lowest BCUT2D eigenvalue weighted by atomic mass is 10.1. The highest BCUT2D eigenvalue weighted by Gasteiger charge is 2.16. The summed E-state index contributed by atoms with van der Waals surface area (Å²) in [6.07, 6.45) is 0. The van der Waals surface area contributed by atoms with Crippen LogP contribution < -0.4 is 15.1 Å². The quantitative estimate of drug-likeness (QED) is 0.880. The average Bonchev–Trinajstić information content (AvgIpc) is 2.69. The van der Waals surface area contributed by atoms with Gasteiger partial charge in [-0.3, -0.25) is 4.79 Å². The molecule has 5 heteroatoms. The molecule has 0 radical (unpaired) electrons. The van der Waals surface area contributed by atoms with Crippen molar-refractivity contribution in [2.24, 2.45) is 0 Å². The smallest absolute Gasteiger partial charge is 0.255 e. The van der Waals surface area contributed by atoms with Gasteiger partial charge in [0.1, 0.15) is 0 Å². The summed E-state index contributed by atoms with van der Waals surface area (Å²) < 4.78 is 0. The van der Waals surface area contributed by atoms with Gasteiger partial charge in [0.15, 0.2) is 0 Å². The van der Waals surface area contributed by atoms with Crippen LogP contribution >= 0.6 is 0 Å². The Hall–Kier alpha value is -2.53. The van der Waals surface area contributed by atoms with Crippen LogP contribution in [0.1, 0.15) is 22.8 Å². The van der Waals surface area contributed by atoms with Crippen molar-refractivity contribution in [2.45, 2.75) is 13.8 Å². The van der Waals surface area contributed by atoms with Gasteiger partial charge in [-0.15, -0.1) is 0 Å². The molecule has 1 aliphatic heterocycles. The van der Waals surface area contributed by atoms with Gasteiger partial charge in [-0.1, -0.05) is 6.92 Å². The summed E-state index contributed by atoms with van der Waals surface area (Å²) in [5, 5.41) is 3.04. The molecule has 1 aliphatic rings. The Bertz CT molecular complexity index is 777. The molecule has 0 spiro atoms. The lowest BCUT2D eigenvalue weighted by Gasteiger charge is -2.35. The molecule has 0 unspecified atom stereocenters. The van der Waals surface area contributed by atoms with Crippen molar-refractivity contribution in [3.05, 3.63) is 53.6 Å². The molecule has 5 nitrogen and oxygen atoms in total. The summed E-state index contributed by atoms with van der Waals surface area (Å²) in [5.74, 6) is -0.0762. The van der Waals surface area contributed by atoms with Crippen molar-refractivity contribution >= 4 is 23.0 Å². The standard InChI is InChI=1S/C22H30N4O/c1-5-25-12-14-26(15-13-25)20-10-11-21(17(2)16-20)23-22(27)18-6-8-19(9-7-18)24(3)4/h6-11,16H,5,12-15H2,1-4H3,(H,23,27). The van der Waals surface area contributed by atoms with Crippen LogP contribution in [0.15, 0.2) is 42.5 Å². The number of aryl methyl sites for hydroxylation is 1. The molecule has 3 rings (SSSR count). The molecular formula is C22H30N4O. The number of piperazine rings is 1. The van der Waals surface area contributed by atoms with E-state index in [9.17, 15) is 4.79 Å². The van der Waals surface area contributed by atoms with Gasteiger partial charge in [-0.25, -0.2) is 0 Å². The van der Waals surface area contributed by atoms with E-state index in [1.807, 2.05) is 49.3 Å². The van der Waals surface area contributed by atoms with Gasteiger partial charge < -0.3 is 20.0 Å². The summed E-state index contributed by atoms with van der Waals surface area (Å²) >= 11 is 0. The molecule has 1 saturated heterocycles. The van der Waals surface area contributed by atoms with E-state index >= 15 is 0 Å². The highest BCUT2D eigenvalue weighted by atomic mass is 16.1. The summed E-state index contributed by atoms with van der Waals surface area (Å²) in [5.41, 5.74) is 4.93. The summed E-state index contributed by atoms with van der Waals surface area (Å²) in [6.45, 7) is 9.71. The third-order valence-electron chi connectivity index (χ3n) is 5.29. The van der Waals surface area contributed by atoms with E-state index in [1.165, 1.54) is 5.69 Å². The zero-order valence-corrected chi connectivity index (χ0v) is 16.8. The zero-order valence-electron chi connectivity index (χ0n) is 16.8. The third kappa shape index (κ3) is 4.61. The fourth-order valence-corrected chi connectivity index (χ4v) is 3.41. The van der Waals surface area contributed by atoms with Gasteiger partial charge in [0, 0.05) is 62.9 Å². The molecule has 27 heavy (non-hydrogen) atoms. The number of benzene rings is 2. The zero-order chi connectivity index (χ0) is 19.4. The van der Waals surface area contributed by atoms with Crippen molar-refractivity contribution in [1.29, 1.82) is 0 Å². The number of hydrogen-bond donors (Lipinski definition) is 1. The molecule has 0 saturated carbocycles. The summed E-state index contributed by atoms with van der Waals surface area (Å²) in [7, 11) is 3.98. The van der Waals surface area contributed by atoms with E-state index in [1.54, 1.807) is 0 Å². The maximum Gasteiger partial charge on any atom is 0.255 e. The molecule has 1 heterocycles. The third-order valence-corrected chi connectivity index (χ3v) is 5.29. The molecule has 1 N–H and O–H groups in total. The lowest BCUT2D eigenvalue weighted by Crippen LogP contribution is -2.46. The number of carbonyl (C=O) groups excluding carboxylic acids is 1. The van der Waals surface area contributed by atoms with Gasteiger partial charge in [-0.05, 0) is 61.5 Å². The van der Waals surface area contributed by atoms with E-state index in [0.29, 0.717) is 5.56 Å². The van der Waals surface area contributed by atoms with Crippen LogP contribution in [0.25, 0.3) is 0 Å². The van der Waals surface area contributed by atoms with E-state index in [2.05, 4.69) is 41.1 Å². The minimum atomic E-state index is -0.0762. The average molecular weight is 367 g/mol. The number of likely N-dealkylation sites (N-methyl/N-ethyl adjacent to an activating group) is 1. The Morgan fingerprint density at radius 3 is 2.26 bits per heavy atom. The van der Waals surface area contributed by atoms with Gasteiger partial charge in [0.05, 0.1) is 0 Å². The van der Waals surface area contributed by atoms with Crippen LogP contribution in [-0.2, 0) is 0 Å². The van der Waals surface area contributed by atoms with Crippen molar-refractivity contribution < 1.29 is 4.79 Å². The topological polar surface area (TPSA) is 38.8 Å². The molecule has 1 fully saturated rings. The first-order chi connectivity index (χ1) is 13.0. The molecule has 0 aromatic heterocycles. The summed E-state index contributed by atoms with van der Waals surface area (Å²) in [4.78, 5) is 19.5. The molecule has 2 aromatic rings. The van der Waals surface area contributed by atoms with E-state index < -0.39 is 0 Å². The maximum absolute atomic E-state index is 12.6. The van der Waals surface area contributed by atoms with Crippen molar-refractivity contribution in [3.8, 4) is 0 Å². The van der Waals surface area contributed by atoms with E-state index in [0.717, 1.165) is 49.7 Å². The number of anilines is 3. The van der Waals surface area contributed by atoms with Gasteiger partial charge in [0.25, 0.3) is 5.91 Å². The van der Waals surface area contributed by atoms with Crippen LogP contribution in [-0.4, -0.2) is 57.6 Å². The van der Waals surface area contributed by atoms with Crippen molar-refractivity contribution in [1.82, 2.24) is 4.90 Å². The van der Waals surface area contributed by atoms with Crippen LogP contribution in [0, 0.1) is 6.92 Å². The first kappa shape index (κ1) is 19.2. The first-order valence-electron chi connectivity index (χ1n) is 9.64. The minimum Gasteiger partial charge on any atom is -0.378 e. The first-order valence-corrected chi connectivity index (χ1v) is 9.64. The molecule has 0 bridgehead atoms. The Kier molecular flexibility index (Phi) is 6.01. The van der Waals surface area contributed by atoms with Crippen LogP contribution in [0.4, 0.5) is 17.1 Å². The fourth-order valence-electron chi connectivity index (χ4n) is 3.41. The minimum absolute atomic E-state index is 0.0762. The van der Waals surface area contributed by atoms with Gasteiger partial charge in [0.2, 0.25) is 0 Å². The second kappa shape index (κ2) is 8.44. The van der Waals surface area contributed by atoms with Crippen LogP contribution in [0.5, 0.6) is 0 Å². The fraction of sp³-hybridized carbons (Fsp3) is 0.409. The second-order valence-corrected chi connectivity index (χ2v) is 7.32. The molecule has 0 aliphatic carbocycles.